The van der Waals surface area contributed by atoms with Gasteiger partial charge in [-0.2, -0.15) is 5.10 Å². The average Bonchev–Trinajstić information content (AvgIpc) is 3.38. The van der Waals surface area contributed by atoms with Crippen molar-refractivity contribution in [3.63, 3.8) is 0 Å². The number of aryl methyl sites for hydroxylation is 1. The van der Waals surface area contributed by atoms with Crippen LogP contribution in [0, 0.1) is 12.7 Å². The summed E-state index contributed by atoms with van der Waals surface area (Å²) in [4.78, 5) is 37.5. The summed E-state index contributed by atoms with van der Waals surface area (Å²) in [5, 5.41) is 10.6. The van der Waals surface area contributed by atoms with Crippen molar-refractivity contribution in [2.45, 2.75) is 6.92 Å². The topological polar surface area (TPSA) is 102 Å². The molecule has 4 rings (SSSR count). The molecule has 4 aromatic rings. The van der Waals surface area contributed by atoms with Crippen LogP contribution >= 0.6 is 11.3 Å². The molecule has 0 aliphatic rings. The standard InChI is InChI=1S/C23H19FN4O4S/c1-13-18-11-19(33-23(18)28(27-13)17-8-6-15(24)7-9-17)22(31)26-16-5-3-4-14(10-16)21(30)25-12-20(29)32-2/h3-11H,12H2,1-2H3,(H,25,30)(H,26,31). The molecule has 2 aromatic carbocycles. The highest BCUT2D eigenvalue weighted by Crippen LogP contribution is 2.31. The summed E-state index contributed by atoms with van der Waals surface area (Å²) in [5.41, 5.74) is 2.15. The molecule has 0 aliphatic carbocycles. The zero-order valence-corrected chi connectivity index (χ0v) is 18.5. The fourth-order valence-corrected chi connectivity index (χ4v) is 4.25. The van der Waals surface area contributed by atoms with E-state index in [9.17, 15) is 18.8 Å². The van der Waals surface area contributed by atoms with Crippen molar-refractivity contribution >= 4 is 45.0 Å². The van der Waals surface area contributed by atoms with Gasteiger partial charge in [0.2, 0.25) is 0 Å². The van der Waals surface area contributed by atoms with E-state index in [4.69, 9.17) is 0 Å². The van der Waals surface area contributed by atoms with Crippen LogP contribution in [0.1, 0.15) is 25.7 Å². The van der Waals surface area contributed by atoms with Crippen LogP contribution in [0.4, 0.5) is 10.1 Å². The monoisotopic (exact) mass is 466 g/mol. The highest BCUT2D eigenvalue weighted by Gasteiger charge is 2.18. The quantitative estimate of drug-likeness (QED) is 0.422. The lowest BCUT2D eigenvalue weighted by Crippen LogP contribution is -2.30. The van der Waals surface area contributed by atoms with Gasteiger partial charge >= 0.3 is 5.97 Å². The van der Waals surface area contributed by atoms with Crippen molar-refractivity contribution in [1.82, 2.24) is 15.1 Å². The number of anilines is 1. The van der Waals surface area contributed by atoms with Gasteiger partial charge in [0.25, 0.3) is 11.8 Å². The summed E-state index contributed by atoms with van der Waals surface area (Å²) in [6.07, 6.45) is 0. The van der Waals surface area contributed by atoms with Gasteiger partial charge in [0.05, 0.1) is 23.4 Å². The van der Waals surface area contributed by atoms with Gasteiger partial charge in [-0.05, 0) is 55.5 Å². The van der Waals surface area contributed by atoms with Crippen LogP contribution in [0.15, 0.2) is 54.6 Å². The zero-order valence-electron chi connectivity index (χ0n) is 17.7. The third kappa shape index (κ3) is 4.75. The number of nitrogens with zero attached hydrogens (tertiary/aromatic N) is 2. The zero-order chi connectivity index (χ0) is 23.5. The van der Waals surface area contributed by atoms with Crippen LogP contribution in [0.3, 0.4) is 0 Å². The molecule has 168 valence electrons. The number of ether oxygens (including phenoxy) is 1. The molecule has 2 heterocycles. The molecule has 10 heteroatoms. The number of carbonyl (C=O) groups is 3. The Morgan fingerprint density at radius 3 is 2.58 bits per heavy atom. The Bertz CT molecular complexity index is 1360. The average molecular weight is 466 g/mol. The Labute approximate surface area is 192 Å². The first kappa shape index (κ1) is 22.2. The molecule has 0 unspecified atom stereocenters. The second-order valence-corrected chi connectivity index (χ2v) is 8.13. The molecule has 0 atom stereocenters. The number of benzene rings is 2. The van der Waals surface area contributed by atoms with Gasteiger partial charge in [0, 0.05) is 16.6 Å². The van der Waals surface area contributed by atoms with Crippen LogP contribution in [0.5, 0.6) is 0 Å². The van der Waals surface area contributed by atoms with E-state index in [1.165, 1.54) is 36.6 Å². The minimum atomic E-state index is -0.563. The minimum Gasteiger partial charge on any atom is -0.468 e. The number of rotatable bonds is 6. The van der Waals surface area contributed by atoms with E-state index in [0.717, 1.165) is 15.9 Å². The van der Waals surface area contributed by atoms with Crippen LogP contribution < -0.4 is 10.6 Å². The van der Waals surface area contributed by atoms with Gasteiger partial charge in [-0.15, -0.1) is 11.3 Å². The second kappa shape index (κ2) is 9.21. The van der Waals surface area contributed by atoms with Crippen LogP contribution in [-0.2, 0) is 9.53 Å². The molecule has 0 bridgehead atoms. The lowest BCUT2D eigenvalue weighted by Gasteiger charge is -2.07. The molecule has 8 nitrogen and oxygen atoms in total. The first-order valence-electron chi connectivity index (χ1n) is 9.87. The summed E-state index contributed by atoms with van der Waals surface area (Å²) < 4.78 is 19.5. The third-order valence-electron chi connectivity index (χ3n) is 4.84. The lowest BCUT2D eigenvalue weighted by atomic mass is 10.2. The molecule has 33 heavy (non-hydrogen) atoms. The lowest BCUT2D eigenvalue weighted by molar-refractivity contribution is -0.139. The van der Waals surface area contributed by atoms with Gasteiger partial charge in [0.15, 0.2) is 0 Å². The number of halogens is 1. The largest absolute Gasteiger partial charge is 0.468 e. The minimum absolute atomic E-state index is 0.252. The van der Waals surface area contributed by atoms with Crippen molar-refractivity contribution in [2.24, 2.45) is 0 Å². The summed E-state index contributed by atoms with van der Waals surface area (Å²) in [7, 11) is 1.23. The first-order chi connectivity index (χ1) is 15.9. The van der Waals surface area contributed by atoms with Crippen molar-refractivity contribution < 1.29 is 23.5 Å². The fraction of sp³-hybridized carbons (Fsp3) is 0.130. The van der Waals surface area contributed by atoms with Gasteiger partial charge < -0.3 is 15.4 Å². The second-order valence-electron chi connectivity index (χ2n) is 7.10. The predicted octanol–water partition coefficient (Wildman–Crippen LogP) is 3.69. The Morgan fingerprint density at radius 2 is 1.85 bits per heavy atom. The normalized spacial score (nSPS) is 10.8. The maximum Gasteiger partial charge on any atom is 0.325 e. The maximum absolute atomic E-state index is 13.3. The van der Waals surface area contributed by atoms with Gasteiger partial charge in [-0.3, -0.25) is 14.4 Å². The maximum atomic E-state index is 13.3. The Hall–Kier alpha value is -4.05. The third-order valence-corrected chi connectivity index (χ3v) is 5.95. The summed E-state index contributed by atoms with van der Waals surface area (Å²) in [6.45, 7) is 1.59. The highest BCUT2D eigenvalue weighted by molar-refractivity contribution is 7.20. The van der Waals surface area contributed by atoms with Gasteiger partial charge in [-0.1, -0.05) is 6.07 Å². The Kier molecular flexibility index (Phi) is 6.18. The molecule has 0 aliphatic heterocycles. The molecule has 2 N–H and O–H groups in total. The van der Waals surface area contributed by atoms with Gasteiger partial charge in [-0.25, -0.2) is 9.07 Å². The van der Waals surface area contributed by atoms with E-state index in [1.807, 2.05) is 6.92 Å². The van der Waals surface area contributed by atoms with E-state index >= 15 is 0 Å². The number of methoxy groups -OCH3 is 1. The van der Waals surface area contributed by atoms with Crippen molar-refractivity contribution in [3.05, 3.63) is 76.5 Å². The molecular formula is C23H19FN4O4S. The first-order valence-corrected chi connectivity index (χ1v) is 10.7. The number of thiophene rings is 1. The molecule has 0 fully saturated rings. The van der Waals surface area contributed by atoms with E-state index in [1.54, 1.807) is 41.1 Å². The summed E-state index contributed by atoms with van der Waals surface area (Å²) >= 11 is 1.26. The molecular weight excluding hydrogens is 447 g/mol. The molecule has 0 saturated carbocycles. The van der Waals surface area contributed by atoms with Crippen molar-refractivity contribution in [1.29, 1.82) is 0 Å². The Balaban J connectivity index is 1.54. The van der Waals surface area contributed by atoms with Crippen LogP contribution in [0.25, 0.3) is 15.9 Å². The predicted molar refractivity (Wildman–Crippen MR) is 122 cm³/mol. The summed E-state index contributed by atoms with van der Waals surface area (Å²) in [5.74, 6) is -1.71. The molecule has 2 aromatic heterocycles. The van der Waals surface area contributed by atoms with Crippen molar-refractivity contribution in [2.75, 3.05) is 19.0 Å². The Morgan fingerprint density at radius 1 is 1.09 bits per heavy atom. The highest BCUT2D eigenvalue weighted by atomic mass is 32.1. The molecule has 2 amide bonds. The van der Waals surface area contributed by atoms with E-state index < -0.39 is 11.9 Å². The number of hydrogen-bond donors (Lipinski definition) is 2. The number of esters is 1. The molecule has 0 radical (unpaired) electrons. The number of fused-ring (bicyclic) bond motifs is 1. The molecule has 0 saturated heterocycles. The number of carbonyl (C=O) groups excluding carboxylic acids is 3. The smallest absolute Gasteiger partial charge is 0.325 e. The SMILES string of the molecule is COC(=O)CNC(=O)c1cccc(NC(=O)c2cc3c(C)nn(-c4ccc(F)cc4)c3s2)c1. The van der Waals surface area contributed by atoms with E-state index in [2.05, 4.69) is 20.5 Å². The molecule has 0 spiro atoms. The number of hydrogen-bond acceptors (Lipinski definition) is 6. The van der Waals surface area contributed by atoms with E-state index in [0.29, 0.717) is 16.3 Å². The summed E-state index contributed by atoms with van der Waals surface area (Å²) in [6, 6.07) is 14.1. The number of amides is 2. The van der Waals surface area contributed by atoms with Crippen LogP contribution in [0.2, 0.25) is 0 Å². The van der Waals surface area contributed by atoms with Gasteiger partial charge in [0.1, 0.15) is 17.2 Å². The fourth-order valence-electron chi connectivity index (χ4n) is 3.17. The van der Waals surface area contributed by atoms with Crippen LogP contribution in [-0.4, -0.2) is 41.2 Å². The number of nitrogens with one attached hydrogen (secondary N) is 2. The van der Waals surface area contributed by atoms with E-state index in [-0.39, 0.29) is 23.8 Å². The number of aromatic nitrogens is 2. The van der Waals surface area contributed by atoms with Crippen molar-refractivity contribution in [3.8, 4) is 5.69 Å².